The maximum atomic E-state index is 9.74. The van der Waals surface area contributed by atoms with Crippen LogP contribution in [0.25, 0.3) is 0 Å². The third-order valence-corrected chi connectivity index (χ3v) is 3.28. The van der Waals surface area contributed by atoms with E-state index in [1.807, 2.05) is 18.2 Å². The highest BCUT2D eigenvalue weighted by Crippen LogP contribution is 2.23. The molecule has 0 aliphatic carbocycles. The van der Waals surface area contributed by atoms with Gasteiger partial charge < -0.3 is 10.4 Å². The van der Waals surface area contributed by atoms with Crippen LogP contribution in [0.4, 0.5) is 5.69 Å². The number of halogens is 1. The molecule has 0 aliphatic rings. The molecule has 0 saturated carbocycles. The lowest BCUT2D eigenvalue weighted by Crippen LogP contribution is -2.00. The van der Waals surface area contributed by atoms with Gasteiger partial charge in [0.05, 0.1) is 11.1 Å². The fraction of sp³-hybridized carbons (Fsp3) is 0.0667. The van der Waals surface area contributed by atoms with E-state index in [4.69, 9.17) is 10.5 Å². The molecule has 0 heterocycles. The van der Waals surface area contributed by atoms with Crippen molar-refractivity contribution in [3.05, 3.63) is 57.6 Å². The van der Waals surface area contributed by atoms with Crippen molar-refractivity contribution < 1.29 is 5.11 Å². The van der Waals surface area contributed by atoms with Crippen LogP contribution in [0.2, 0.25) is 0 Å². The molecule has 2 rings (SSSR count). The zero-order valence-electron chi connectivity index (χ0n) is 10.4. The quantitative estimate of drug-likeness (QED) is 0.903. The molecule has 0 bridgehead atoms. The van der Waals surface area contributed by atoms with Crippen LogP contribution in [-0.2, 0) is 6.54 Å². The normalized spacial score (nSPS) is 9.55. The SMILES string of the molecule is N#Cc1ccc(NCc2cc(Br)ccc2O)cc1C#N. The van der Waals surface area contributed by atoms with Crippen molar-refractivity contribution >= 4 is 21.6 Å². The predicted octanol–water partition coefficient (Wildman–Crippen LogP) is 3.51. The first-order valence-corrected chi connectivity index (χ1v) is 6.59. The first-order chi connectivity index (χ1) is 9.63. The highest BCUT2D eigenvalue weighted by molar-refractivity contribution is 9.10. The van der Waals surface area contributed by atoms with Crippen molar-refractivity contribution in [2.75, 3.05) is 5.32 Å². The molecule has 2 N–H and O–H groups in total. The molecular formula is C15H10BrN3O. The van der Waals surface area contributed by atoms with Gasteiger partial charge >= 0.3 is 0 Å². The van der Waals surface area contributed by atoms with E-state index in [1.54, 1.807) is 30.3 Å². The van der Waals surface area contributed by atoms with E-state index in [9.17, 15) is 5.11 Å². The number of hydrogen-bond acceptors (Lipinski definition) is 4. The highest BCUT2D eigenvalue weighted by Gasteiger charge is 2.05. The summed E-state index contributed by atoms with van der Waals surface area (Å²) >= 11 is 3.35. The number of rotatable bonds is 3. The molecule has 0 fully saturated rings. The van der Waals surface area contributed by atoms with Crippen molar-refractivity contribution in [2.24, 2.45) is 0 Å². The summed E-state index contributed by atoms with van der Waals surface area (Å²) in [6, 6.07) is 14.1. The van der Waals surface area contributed by atoms with Crippen molar-refractivity contribution in [3.8, 4) is 17.9 Å². The van der Waals surface area contributed by atoms with E-state index in [0.29, 0.717) is 17.7 Å². The van der Waals surface area contributed by atoms with E-state index in [1.165, 1.54) is 0 Å². The summed E-state index contributed by atoms with van der Waals surface area (Å²) in [5.74, 6) is 0.204. The first kappa shape index (κ1) is 13.9. The molecule has 2 aromatic carbocycles. The Morgan fingerprint density at radius 1 is 1.05 bits per heavy atom. The molecule has 0 spiro atoms. The van der Waals surface area contributed by atoms with Crippen LogP contribution in [0.3, 0.4) is 0 Å². The molecule has 0 radical (unpaired) electrons. The van der Waals surface area contributed by atoms with Gasteiger partial charge in [0.15, 0.2) is 0 Å². The molecule has 0 amide bonds. The van der Waals surface area contributed by atoms with Gasteiger partial charge in [0.2, 0.25) is 0 Å². The fourth-order valence-electron chi connectivity index (χ4n) is 1.74. The summed E-state index contributed by atoms with van der Waals surface area (Å²) in [6.07, 6.45) is 0. The van der Waals surface area contributed by atoms with Gasteiger partial charge in [-0.1, -0.05) is 15.9 Å². The predicted molar refractivity (Wildman–Crippen MR) is 79.0 cm³/mol. The fourth-order valence-corrected chi connectivity index (χ4v) is 2.15. The Morgan fingerprint density at radius 2 is 1.80 bits per heavy atom. The van der Waals surface area contributed by atoms with Crippen LogP contribution < -0.4 is 5.32 Å². The molecule has 2 aromatic rings. The zero-order valence-corrected chi connectivity index (χ0v) is 12.0. The monoisotopic (exact) mass is 327 g/mol. The minimum absolute atomic E-state index is 0.204. The minimum Gasteiger partial charge on any atom is -0.508 e. The van der Waals surface area contributed by atoms with Gasteiger partial charge in [0.25, 0.3) is 0 Å². The van der Waals surface area contributed by atoms with Gasteiger partial charge in [-0.25, -0.2) is 0 Å². The lowest BCUT2D eigenvalue weighted by molar-refractivity contribution is 0.469. The smallest absolute Gasteiger partial charge is 0.120 e. The van der Waals surface area contributed by atoms with Crippen LogP contribution in [0.15, 0.2) is 40.9 Å². The van der Waals surface area contributed by atoms with E-state index in [-0.39, 0.29) is 5.75 Å². The Kier molecular flexibility index (Phi) is 4.24. The summed E-state index contributed by atoms with van der Waals surface area (Å²) in [4.78, 5) is 0. The summed E-state index contributed by atoms with van der Waals surface area (Å²) < 4.78 is 0.879. The van der Waals surface area contributed by atoms with Crippen LogP contribution in [0, 0.1) is 22.7 Å². The highest BCUT2D eigenvalue weighted by atomic mass is 79.9. The molecule has 0 atom stereocenters. The molecule has 20 heavy (non-hydrogen) atoms. The molecule has 5 heteroatoms. The summed E-state index contributed by atoms with van der Waals surface area (Å²) in [6.45, 7) is 0.419. The number of hydrogen-bond donors (Lipinski definition) is 2. The maximum Gasteiger partial charge on any atom is 0.120 e. The van der Waals surface area contributed by atoms with Crippen molar-refractivity contribution in [1.29, 1.82) is 10.5 Å². The Bertz CT molecular complexity index is 729. The number of phenolic OH excluding ortho intramolecular Hbond substituents is 1. The van der Waals surface area contributed by atoms with Gasteiger partial charge in [-0.15, -0.1) is 0 Å². The Morgan fingerprint density at radius 3 is 2.50 bits per heavy atom. The van der Waals surface area contributed by atoms with Crippen molar-refractivity contribution in [3.63, 3.8) is 0 Å². The van der Waals surface area contributed by atoms with Gasteiger partial charge in [-0.3, -0.25) is 0 Å². The lowest BCUT2D eigenvalue weighted by Gasteiger charge is -2.09. The van der Waals surface area contributed by atoms with Crippen LogP contribution in [-0.4, -0.2) is 5.11 Å². The van der Waals surface area contributed by atoms with Crippen molar-refractivity contribution in [2.45, 2.75) is 6.54 Å². The Labute approximate surface area is 125 Å². The molecule has 98 valence electrons. The summed E-state index contributed by atoms with van der Waals surface area (Å²) in [5, 5.41) is 30.7. The Balaban J connectivity index is 2.18. The van der Waals surface area contributed by atoms with Gasteiger partial charge in [-0.2, -0.15) is 10.5 Å². The third-order valence-electron chi connectivity index (χ3n) is 2.78. The second-order valence-corrected chi connectivity index (χ2v) is 5.03. The zero-order chi connectivity index (χ0) is 14.5. The molecule has 0 aliphatic heterocycles. The summed E-state index contributed by atoms with van der Waals surface area (Å²) in [7, 11) is 0. The molecule has 0 unspecified atom stereocenters. The van der Waals surface area contributed by atoms with Crippen LogP contribution in [0.5, 0.6) is 5.75 Å². The Hall–Kier alpha value is -2.50. The number of aromatic hydroxyl groups is 1. The molecule has 0 aromatic heterocycles. The third kappa shape index (κ3) is 3.09. The first-order valence-electron chi connectivity index (χ1n) is 5.79. The largest absolute Gasteiger partial charge is 0.508 e. The van der Waals surface area contributed by atoms with Gasteiger partial charge in [0.1, 0.15) is 17.9 Å². The second kappa shape index (κ2) is 6.10. The van der Waals surface area contributed by atoms with Crippen LogP contribution in [0.1, 0.15) is 16.7 Å². The number of nitrogens with zero attached hydrogens (tertiary/aromatic N) is 2. The van der Waals surface area contributed by atoms with Gasteiger partial charge in [0, 0.05) is 22.3 Å². The van der Waals surface area contributed by atoms with E-state index in [2.05, 4.69) is 21.2 Å². The number of benzene rings is 2. The summed E-state index contributed by atoms with van der Waals surface area (Å²) in [5.41, 5.74) is 2.14. The van der Waals surface area contributed by atoms with Gasteiger partial charge in [-0.05, 0) is 36.4 Å². The maximum absolute atomic E-state index is 9.74. The van der Waals surface area contributed by atoms with E-state index >= 15 is 0 Å². The van der Waals surface area contributed by atoms with Crippen molar-refractivity contribution in [1.82, 2.24) is 0 Å². The van der Waals surface area contributed by atoms with E-state index < -0.39 is 0 Å². The average Bonchev–Trinajstić information content (AvgIpc) is 2.47. The molecular weight excluding hydrogens is 318 g/mol. The molecule has 4 nitrogen and oxygen atoms in total. The average molecular weight is 328 g/mol. The standard InChI is InChI=1S/C15H10BrN3O/c16-13-2-4-15(20)12(5-13)9-19-14-3-1-10(7-17)11(6-14)8-18/h1-6,19-20H,9H2. The minimum atomic E-state index is 0.204. The topological polar surface area (TPSA) is 79.8 Å². The van der Waals surface area contributed by atoms with E-state index in [0.717, 1.165) is 15.7 Å². The number of phenols is 1. The number of nitrogens with one attached hydrogen (secondary N) is 1. The number of anilines is 1. The lowest BCUT2D eigenvalue weighted by atomic mass is 10.1. The van der Waals surface area contributed by atoms with Crippen LogP contribution >= 0.6 is 15.9 Å². The molecule has 0 saturated heterocycles. The second-order valence-electron chi connectivity index (χ2n) is 4.11. The number of nitriles is 2.